The molecule has 0 fully saturated rings. The second-order valence-electron chi connectivity index (χ2n) is 3.52. The van der Waals surface area contributed by atoms with Gasteiger partial charge in [-0.1, -0.05) is 17.7 Å². The third-order valence-corrected chi connectivity index (χ3v) is 2.71. The Morgan fingerprint density at radius 2 is 2.12 bits per heavy atom. The van der Waals surface area contributed by atoms with Crippen LogP contribution in [0.3, 0.4) is 0 Å². The summed E-state index contributed by atoms with van der Waals surface area (Å²) in [6.45, 7) is 1.12. The maximum Gasteiger partial charge on any atom is 0.129 e. The number of halogens is 2. The summed E-state index contributed by atoms with van der Waals surface area (Å²) in [6.07, 6.45) is 3.75. The van der Waals surface area contributed by atoms with Gasteiger partial charge in [0.2, 0.25) is 0 Å². The minimum atomic E-state index is -0.269. The smallest absolute Gasteiger partial charge is 0.129 e. The van der Waals surface area contributed by atoms with Crippen LogP contribution in [0.15, 0.2) is 36.7 Å². The second kappa shape index (κ2) is 5.14. The molecule has 0 radical (unpaired) electrons. The van der Waals surface area contributed by atoms with Crippen molar-refractivity contribution in [2.75, 3.05) is 0 Å². The number of hydrogen-bond donors (Lipinski definition) is 2. The van der Waals surface area contributed by atoms with Gasteiger partial charge in [0.25, 0.3) is 0 Å². The molecule has 0 saturated carbocycles. The summed E-state index contributed by atoms with van der Waals surface area (Å²) in [4.78, 5) is 2.96. The van der Waals surface area contributed by atoms with Crippen LogP contribution in [-0.4, -0.2) is 4.98 Å². The van der Waals surface area contributed by atoms with Crippen LogP contribution in [0, 0.1) is 5.82 Å². The highest BCUT2D eigenvalue weighted by molar-refractivity contribution is 6.31. The molecule has 1 aromatic carbocycles. The summed E-state index contributed by atoms with van der Waals surface area (Å²) >= 11 is 5.90. The van der Waals surface area contributed by atoms with Gasteiger partial charge in [0, 0.05) is 36.1 Å². The number of H-pyrrole nitrogens is 1. The Kier molecular flexibility index (Phi) is 3.59. The Labute approximate surface area is 98.4 Å². The average Bonchev–Trinajstić information content (AvgIpc) is 2.75. The molecule has 0 aliphatic heterocycles. The van der Waals surface area contributed by atoms with Crippen molar-refractivity contribution in [2.24, 2.45) is 0 Å². The highest BCUT2D eigenvalue weighted by atomic mass is 35.5. The molecule has 0 spiro atoms. The Hall–Kier alpha value is -1.32. The molecule has 0 atom stereocenters. The highest BCUT2D eigenvalue weighted by Crippen LogP contribution is 2.18. The summed E-state index contributed by atoms with van der Waals surface area (Å²) in [7, 11) is 0. The van der Waals surface area contributed by atoms with Crippen molar-refractivity contribution in [3.63, 3.8) is 0 Å². The topological polar surface area (TPSA) is 27.8 Å². The van der Waals surface area contributed by atoms with Gasteiger partial charge >= 0.3 is 0 Å². The van der Waals surface area contributed by atoms with Gasteiger partial charge in [0.15, 0.2) is 0 Å². The first-order chi connectivity index (χ1) is 7.77. The number of aromatic amines is 1. The summed E-state index contributed by atoms with van der Waals surface area (Å²) < 4.78 is 13.4. The van der Waals surface area contributed by atoms with E-state index in [9.17, 15) is 4.39 Å². The molecule has 2 rings (SSSR count). The van der Waals surface area contributed by atoms with Crippen LogP contribution in [0.4, 0.5) is 4.39 Å². The van der Waals surface area contributed by atoms with Crippen LogP contribution in [0.25, 0.3) is 0 Å². The lowest BCUT2D eigenvalue weighted by Crippen LogP contribution is -2.13. The van der Waals surface area contributed by atoms with E-state index < -0.39 is 0 Å². The summed E-state index contributed by atoms with van der Waals surface area (Å²) in [5, 5.41) is 3.60. The second-order valence-corrected chi connectivity index (χ2v) is 3.93. The largest absolute Gasteiger partial charge is 0.367 e. The molecule has 2 aromatic rings. The molecule has 0 saturated heterocycles. The van der Waals surface area contributed by atoms with E-state index in [-0.39, 0.29) is 5.82 Å². The first-order valence-corrected chi connectivity index (χ1v) is 5.40. The lowest BCUT2D eigenvalue weighted by molar-refractivity contribution is 0.588. The van der Waals surface area contributed by atoms with E-state index in [1.54, 1.807) is 12.1 Å². The van der Waals surface area contributed by atoms with E-state index in [2.05, 4.69) is 10.3 Å². The minimum absolute atomic E-state index is 0.269. The fourth-order valence-electron chi connectivity index (χ4n) is 1.50. The Morgan fingerprint density at radius 1 is 1.25 bits per heavy atom. The molecule has 2 N–H and O–H groups in total. The van der Waals surface area contributed by atoms with Crippen LogP contribution < -0.4 is 5.32 Å². The lowest BCUT2D eigenvalue weighted by Gasteiger charge is -2.06. The molecule has 0 aliphatic rings. The molecule has 1 aromatic heterocycles. The highest BCUT2D eigenvalue weighted by Gasteiger charge is 2.05. The van der Waals surface area contributed by atoms with Gasteiger partial charge in [0.05, 0.1) is 0 Å². The summed E-state index contributed by atoms with van der Waals surface area (Å²) in [5.74, 6) is -0.269. The standard InChI is InChI=1S/C12H12ClFN2/c13-11-2-1-3-12(14)10(11)8-16-7-9-4-5-15-6-9/h1-6,15-16H,7-8H2. The third kappa shape index (κ3) is 2.62. The van der Waals surface area contributed by atoms with E-state index in [0.29, 0.717) is 23.7 Å². The van der Waals surface area contributed by atoms with Gasteiger partial charge < -0.3 is 10.3 Å². The molecular weight excluding hydrogens is 227 g/mol. The van der Waals surface area contributed by atoms with Crippen LogP contribution >= 0.6 is 11.6 Å². The predicted octanol–water partition coefficient (Wildman–Crippen LogP) is 3.10. The molecule has 84 valence electrons. The molecule has 1 heterocycles. The molecular formula is C12H12ClFN2. The number of rotatable bonds is 4. The van der Waals surface area contributed by atoms with Crippen molar-refractivity contribution >= 4 is 11.6 Å². The van der Waals surface area contributed by atoms with Crippen molar-refractivity contribution in [1.82, 2.24) is 10.3 Å². The summed E-state index contributed by atoms with van der Waals surface area (Å²) in [5.41, 5.74) is 1.65. The normalized spacial score (nSPS) is 10.6. The van der Waals surface area contributed by atoms with Gasteiger partial charge in [-0.2, -0.15) is 0 Å². The van der Waals surface area contributed by atoms with Gasteiger partial charge in [-0.05, 0) is 23.8 Å². The molecule has 2 nitrogen and oxygen atoms in total. The Morgan fingerprint density at radius 3 is 2.81 bits per heavy atom. The SMILES string of the molecule is Fc1cccc(Cl)c1CNCc1cc[nH]c1. The van der Waals surface area contributed by atoms with E-state index in [0.717, 1.165) is 5.56 Å². The van der Waals surface area contributed by atoms with Gasteiger partial charge in [0.1, 0.15) is 5.82 Å². The lowest BCUT2D eigenvalue weighted by atomic mass is 10.2. The van der Waals surface area contributed by atoms with Crippen molar-refractivity contribution in [3.8, 4) is 0 Å². The molecule has 0 aliphatic carbocycles. The maximum atomic E-state index is 13.4. The van der Waals surface area contributed by atoms with Crippen molar-refractivity contribution in [3.05, 3.63) is 58.6 Å². The van der Waals surface area contributed by atoms with Crippen LogP contribution in [-0.2, 0) is 13.1 Å². The zero-order valence-corrected chi connectivity index (χ0v) is 9.39. The summed E-state index contributed by atoms with van der Waals surface area (Å²) in [6, 6.07) is 6.68. The first kappa shape index (κ1) is 11.2. The minimum Gasteiger partial charge on any atom is -0.367 e. The van der Waals surface area contributed by atoms with E-state index >= 15 is 0 Å². The van der Waals surface area contributed by atoms with Crippen molar-refractivity contribution in [1.29, 1.82) is 0 Å². The van der Waals surface area contributed by atoms with Gasteiger partial charge in [-0.25, -0.2) is 4.39 Å². The molecule has 0 bridgehead atoms. The zero-order valence-electron chi connectivity index (χ0n) is 8.63. The fourth-order valence-corrected chi connectivity index (χ4v) is 1.73. The van der Waals surface area contributed by atoms with E-state index in [1.807, 2.05) is 18.5 Å². The van der Waals surface area contributed by atoms with E-state index in [1.165, 1.54) is 6.07 Å². The van der Waals surface area contributed by atoms with E-state index in [4.69, 9.17) is 11.6 Å². The Bertz CT molecular complexity index is 434. The molecule has 4 heteroatoms. The molecule has 0 unspecified atom stereocenters. The quantitative estimate of drug-likeness (QED) is 0.842. The Balaban J connectivity index is 1.95. The fraction of sp³-hybridized carbons (Fsp3) is 0.167. The predicted molar refractivity (Wildman–Crippen MR) is 62.7 cm³/mol. The van der Waals surface area contributed by atoms with Crippen LogP contribution in [0.2, 0.25) is 5.02 Å². The number of hydrogen-bond acceptors (Lipinski definition) is 1. The zero-order chi connectivity index (χ0) is 11.4. The van der Waals surface area contributed by atoms with Crippen molar-refractivity contribution < 1.29 is 4.39 Å². The number of nitrogens with one attached hydrogen (secondary N) is 2. The number of benzene rings is 1. The maximum absolute atomic E-state index is 13.4. The van der Waals surface area contributed by atoms with Crippen molar-refractivity contribution in [2.45, 2.75) is 13.1 Å². The third-order valence-electron chi connectivity index (χ3n) is 2.35. The van der Waals surface area contributed by atoms with Gasteiger partial charge in [-0.3, -0.25) is 0 Å². The number of aromatic nitrogens is 1. The average molecular weight is 239 g/mol. The molecule has 16 heavy (non-hydrogen) atoms. The molecule has 0 amide bonds. The van der Waals surface area contributed by atoms with Crippen LogP contribution in [0.5, 0.6) is 0 Å². The van der Waals surface area contributed by atoms with Gasteiger partial charge in [-0.15, -0.1) is 0 Å². The van der Waals surface area contributed by atoms with Crippen LogP contribution in [0.1, 0.15) is 11.1 Å². The first-order valence-electron chi connectivity index (χ1n) is 5.02. The monoisotopic (exact) mass is 238 g/mol.